The van der Waals surface area contributed by atoms with Gasteiger partial charge in [0, 0.05) is 17.5 Å². The van der Waals surface area contributed by atoms with Crippen molar-refractivity contribution >= 4 is 27.7 Å². The third-order valence-electron chi connectivity index (χ3n) is 1.98. The molecule has 15 heavy (non-hydrogen) atoms. The molecule has 1 atom stereocenters. The summed E-state index contributed by atoms with van der Waals surface area (Å²) in [6.45, 7) is 6.59. The number of halogens is 1. The minimum atomic E-state index is 0.0242. The van der Waals surface area contributed by atoms with Crippen molar-refractivity contribution in [3.63, 3.8) is 0 Å². The monoisotopic (exact) mass is 291 g/mol. The second kappa shape index (κ2) is 4.89. The van der Waals surface area contributed by atoms with Crippen molar-refractivity contribution in [2.45, 2.75) is 31.6 Å². The summed E-state index contributed by atoms with van der Waals surface area (Å²) in [4.78, 5) is 0. The number of nitrogens with zero attached hydrogens (tertiary/aromatic N) is 2. The molecule has 0 aliphatic heterocycles. The zero-order chi connectivity index (χ0) is 11.6. The van der Waals surface area contributed by atoms with E-state index in [1.165, 1.54) is 0 Å². The molecule has 0 bridgehead atoms. The Bertz CT molecular complexity index is 310. The standard InChI is InChI=1S/C10H18BrN3S/c1-10(2,3)15-6-8(12)9-7(11)5-13-14(9)4/h5,8H,6,12H2,1-4H3. The highest BCUT2D eigenvalue weighted by Gasteiger charge is 2.18. The maximum atomic E-state index is 6.14. The van der Waals surface area contributed by atoms with Crippen LogP contribution in [0, 0.1) is 0 Å². The van der Waals surface area contributed by atoms with Crippen LogP contribution in [0.2, 0.25) is 0 Å². The average Bonchev–Trinajstić information content (AvgIpc) is 2.41. The number of rotatable bonds is 3. The first-order chi connectivity index (χ1) is 6.81. The fourth-order valence-electron chi connectivity index (χ4n) is 1.26. The van der Waals surface area contributed by atoms with Gasteiger partial charge in [-0.25, -0.2) is 0 Å². The Hall–Kier alpha value is -0.0000000000000000555. The molecule has 5 heteroatoms. The molecule has 0 fully saturated rings. The molecule has 0 aliphatic carbocycles. The smallest absolute Gasteiger partial charge is 0.0698 e. The maximum absolute atomic E-state index is 6.14. The van der Waals surface area contributed by atoms with Gasteiger partial charge in [-0.15, -0.1) is 0 Å². The summed E-state index contributed by atoms with van der Waals surface area (Å²) in [5.41, 5.74) is 7.20. The normalized spacial score (nSPS) is 14.3. The molecule has 0 spiro atoms. The van der Waals surface area contributed by atoms with Crippen LogP contribution in [-0.2, 0) is 7.05 Å². The zero-order valence-electron chi connectivity index (χ0n) is 9.62. The van der Waals surface area contributed by atoms with Crippen LogP contribution in [-0.4, -0.2) is 20.3 Å². The third-order valence-corrected chi connectivity index (χ3v) is 3.99. The van der Waals surface area contributed by atoms with Gasteiger partial charge >= 0.3 is 0 Å². The van der Waals surface area contributed by atoms with Gasteiger partial charge in [0.05, 0.1) is 22.4 Å². The number of aryl methyl sites for hydroxylation is 1. The quantitative estimate of drug-likeness (QED) is 0.931. The summed E-state index contributed by atoms with van der Waals surface area (Å²) >= 11 is 5.34. The van der Waals surface area contributed by atoms with Crippen molar-refractivity contribution in [1.82, 2.24) is 9.78 Å². The van der Waals surface area contributed by atoms with Gasteiger partial charge in [0.2, 0.25) is 0 Å². The van der Waals surface area contributed by atoms with Crippen molar-refractivity contribution < 1.29 is 0 Å². The van der Waals surface area contributed by atoms with Crippen LogP contribution in [0.5, 0.6) is 0 Å². The molecule has 1 heterocycles. The molecule has 1 unspecified atom stereocenters. The van der Waals surface area contributed by atoms with Crippen molar-refractivity contribution in [2.24, 2.45) is 12.8 Å². The predicted molar refractivity (Wildman–Crippen MR) is 70.0 cm³/mol. The van der Waals surface area contributed by atoms with Gasteiger partial charge < -0.3 is 5.73 Å². The van der Waals surface area contributed by atoms with E-state index in [0.29, 0.717) is 0 Å². The lowest BCUT2D eigenvalue weighted by Gasteiger charge is -2.21. The van der Waals surface area contributed by atoms with Gasteiger partial charge in [0.1, 0.15) is 0 Å². The summed E-state index contributed by atoms with van der Waals surface area (Å²) in [5.74, 6) is 0.904. The van der Waals surface area contributed by atoms with Gasteiger partial charge in [-0.2, -0.15) is 16.9 Å². The first-order valence-electron chi connectivity index (χ1n) is 4.88. The number of thioether (sulfide) groups is 1. The van der Waals surface area contributed by atoms with E-state index in [4.69, 9.17) is 5.73 Å². The topological polar surface area (TPSA) is 43.8 Å². The number of hydrogen-bond donors (Lipinski definition) is 1. The Labute approximate surface area is 104 Å². The molecular weight excluding hydrogens is 274 g/mol. The highest BCUT2D eigenvalue weighted by atomic mass is 79.9. The molecule has 86 valence electrons. The first kappa shape index (κ1) is 13.1. The average molecular weight is 292 g/mol. The Morgan fingerprint density at radius 2 is 2.20 bits per heavy atom. The number of nitrogens with two attached hydrogens (primary N) is 1. The summed E-state index contributed by atoms with van der Waals surface area (Å²) in [6.07, 6.45) is 1.79. The van der Waals surface area contributed by atoms with Crippen molar-refractivity contribution in [3.05, 3.63) is 16.4 Å². The van der Waals surface area contributed by atoms with Crippen LogP contribution in [0.1, 0.15) is 32.5 Å². The van der Waals surface area contributed by atoms with E-state index in [9.17, 15) is 0 Å². The van der Waals surface area contributed by atoms with E-state index in [-0.39, 0.29) is 10.8 Å². The molecule has 0 amide bonds. The highest BCUT2D eigenvalue weighted by Crippen LogP contribution is 2.29. The molecule has 0 saturated heterocycles. The largest absolute Gasteiger partial charge is 0.322 e. The minimum absolute atomic E-state index is 0.0242. The lowest BCUT2D eigenvalue weighted by atomic mass is 10.2. The Balaban J connectivity index is 2.65. The van der Waals surface area contributed by atoms with Crippen molar-refractivity contribution in [3.8, 4) is 0 Å². The fourth-order valence-corrected chi connectivity index (χ4v) is 2.74. The molecule has 0 aromatic carbocycles. The fraction of sp³-hybridized carbons (Fsp3) is 0.700. The van der Waals surface area contributed by atoms with Gasteiger partial charge in [0.25, 0.3) is 0 Å². The number of hydrogen-bond acceptors (Lipinski definition) is 3. The van der Waals surface area contributed by atoms with E-state index in [1.807, 2.05) is 23.5 Å². The van der Waals surface area contributed by atoms with E-state index >= 15 is 0 Å². The summed E-state index contributed by atoms with van der Waals surface area (Å²) in [6, 6.07) is 0.0242. The van der Waals surface area contributed by atoms with E-state index < -0.39 is 0 Å². The highest BCUT2D eigenvalue weighted by molar-refractivity contribution is 9.10. The first-order valence-corrected chi connectivity index (χ1v) is 6.66. The summed E-state index contributed by atoms with van der Waals surface area (Å²) in [5, 5.41) is 4.16. The Kier molecular flexibility index (Phi) is 4.26. The molecule has 3 nitrogen and oxygen atoms in total. The molecule has 1 rings (SSSR count). The van der Waals surface area contributed by atoms with Crippen molar-refractivity contribution in [2.75, 3.05) is 5.75 Å². The van der Waals surface area contributed by atoms with Gasteiger partial charge in [-0.05, 0) is 15.9 Å². The van der Waals surface area contributed by atoms with Crippen LogP contribution >= 0.6 is 27.7 Å². The molecule has 0 saturated carbocycles. The van der Waals surface area contributed by atoms with Crippen LogP contribution in [0.3, 0.4) is 0 Å². The van der Waals surface area contributed by atoms with E-state index in [1.54, 1.807) is 6.20 Å². The predicted octanol–water partition coefficient (Wildman–Crippen LogP) is 2.71. The Morgan fingerprint density at radius 1 is 1.60 bits per heavy atom. The van der Waals surface area contributed by atoms with Gasteiger partial charge in [-0.1, -0.05) is 20.8 Å². The Morgan fingerprint density at radius 3 is 2.60 bits per heavy atom. The molecular formula is C10H18BrN3S. The molecule has 0 aliphatic rings. The lowest BCUT2D eigenvalue weighted by molar-refractivity contribution is 0.654. The van der Waals surface area contributed by atoms with Crippen LogP contribution < -0.4 is 5.73 Å². The molecule has 1 aromatic rings. The van der Waals surface area contributed by atoms with E-state index in [2.05, 4.69) is 41.8 Å². The third kappa shape index (κ3) is 3.81. The maximum Gasteiger partial charge on any atom is 0.0698 e. The second-order valence-electron chi connectivity index (χ2n) is 4.53. The lowest BCUT2D eigenvalue weighted by Crippen LogP contribution is -2.20. The van der Waals surface area contributed by atoms with Crippen molar-refractivity contribution in [1.29, 1.82) is 0 Å². The van der Waals surface area contributed by atoms with Crippen LogP contribution in [0.4, 0.5) is 0 Å². The van der Waals surface area contributed by atoms with Gasteiger partial charge in [0.15, 0.2) is 0 Å². The second-order valence-corrected chi connectivity index (χ2v) is 7.23. The van der Waals surface area contributed by atoms with E-state index in [0.717, 1.165) is 15.9 Å². The number of aromatic nitrogens is 2. The summed E-state index contributed by atoms with van der Waals surface area (Å²) in [7, 11) is 1.92. The van der Waals surface area contributed by atoms with Crippen LogP contribution in [0.25, 0.3) is 0 Å². The minimum Gasteiger partial charge on any atom is -0.322 e. The molecule has 1 aromatic heterocycles. The molecule has 2 N–H and O–H groups in total. The summed E-state index contributed by atoms with van der Waals surface area (Å²) < 4.78 is 3.08. The van der Waals surface area contributed by atoms with Crippen LogP contribution in [0.15, 0.2) is 10.7 Å². The van der Waals surface area contributed by atoms with Gasteiger partial charge in [-0.3, -0.25) is 4.68 Å². The molecule has 0 radical (unpaired) electrons. The zero-order valence-corrected chi connectivity index (χ0v) is 12.0. The SMILES string of the molecule is Cn1ncc(Br)c1C(N)CSC(C)(C)C.